The summed E-state index contributed by atoms with van der Waals surface area (Å²) in [6.45, 7) is -0.0602. The molecule has 0 unspecified atom stereocenters. The number of hydrogen-bond acceptors (Lipinski definition) is 5. The number of nitrogens with one attached hydrogen (secondary N) is 2. The molecule has 0 atom stereocenters. The van der Waals surface area contributed by atoms with Crippen LogP contribution < -0.4 is 10.0 Å². The summed E-state index contributed by atoms with van der Waals surface area (Å²) < 4.78 is 29.3. The van der Waals surface area contributed by atoms with Crippen LogP contribution in [0.1, 0.15) is 0 Å². The number of anilines is 2. The number of carbonyl (C=O) groups excluding carboxylic acids is 1. The van der Waals surface area contributed by atoms with Crippen LogP contribution in [-0.2, 0) is 21.4 Å². The van der Waals surface area contributed by atoms with E-state index in [1.807, 2.05) is 18.2 Å². The molecule has 1 aromatic heterocycles. The number of carbonyl (C=O) groups is 1. The number of sulfonamides is 1. The minimum atomic E-state index is -3.89. The van der Waals surface area contributed by atoms with Crippen molar-refractivity contribution >= 4 is 49.9 Å². The van der Waals surface area contributed by atoms with Gasteiger partial charge in [0.25, 0.3) is 10.0 Å². The molecule has 0 saturated heterocycles. The molecule has 2 N–H and O–H groups in total. The van der Waals surface area contributed by atoms with Gasteiger partial charge in [-0.15, -0.1) is 5.10 Å². The van der Waals surface area contributed by atoms with Crippen molar-refractivity contribution in [2.75, 3.05) is 10.0 Å². The minimum Gasteiger partial charge on any atom is -0.324 e. The van der Waals surface area contributed by atoms with Crippen molar-refractivity contribution in [3.8, 4) is 0 Å². The molecule has 0 spiro atoms. The third kappa shape index (κ3) is 4.27. The number of para-hydroxylation sites is 2. The van der Waals surface area contributed by atoms with Crippen molar-refractivity contribution in [2.24, 2.45) is 0 Å². The van der Waals surface area contributed by atoms with Gasteiger partial charge in [-0.2, -0.15) is 0 Å². The predicted molar refractivity (Wildman–Crippen MR) is 115 cm³/mol. The second kappa shape index (κ2) is 8.13. The monoisotopic (exact) mass is 441 g/mol. The topological polar surface area (TPSA) is 106 Å². The lowest BCUT2D eigenvalue weighted by Crippen LogP contribution is -2.20. The molecule has 4 aromatic rings. The van der Waals surface area contributed by atoms with E-state index >= 15 is 0 Å². The fourth-order valence-corrected chi connectivity index (χ4v) is 4.22. The number of aromatic nitrogens is 3. The normalized spacial score (nSPS) is 11.4. The molecule has 0 bridgehead atoms. The van der Waals surface area contributed by atoms with Crippen molar-refractivity contribution in [3.05, 3.63) is 77.8 Å². The van der Waals surface area contributed by atoms with Crippen LogP contribution in [0.15, 0.2) is 77.7 Å². The van der Waals surface area contributed by atoms with Crippen LogP contribution in [0.25, 0.3) is 11.0 Å². The van der Waals surface area contributed by atoms with Crippen LogP contribution in [0.5, 0.6) is 0 Å². The first-order valence-electron chi connectivity index (χ1n) is 8.88. The zero-order valence-corrected chi connectivity index (χ0v) is 17.1. The van der Waals surface area contributed by atoms with Gasteiger partial charge in [-0.25, -0.2) is 13.1 Å². The Morgan fingerprint density at radius 3 is 2.60 bits per heavy atom. The Kier molecular flexibility index (Phi) is 5.39. The van der Waals surface area contributed by atoms with Crippen LogP contribution in [-0.4, -0.2) is 29.3 Å². The van der Waals surface area contributed by atoms with Gasteiger partial charge in [0.1, 0.15) is 12.1 Å². The van der Waals surface area contributed by atoms with Crippen LogP contribution >= 0.6 is 11.6 Å². The molecule has 8 nitrogen and oxygen atoms in total. The summed E-state index contributed by atoms with van der Waals surface area (Å²) in [4.78, 5) is 12.4. The van der Waals surface area contributed by atoms with Gasteiger partial charge in [0.15, 0.2) is 0 Å². The van der Waals surface area contributed by atoms with Crippen LogP contribution in [0.2, 0.25) is 5.02 Å². The van der Waals surface area contributed by atoms with Gasteiger partial charge in [-0.05, 0) is 42.5 Å². The molecular weight excluding hydrogens is 426 g/mol. The van der Waals surface area contributed by atoms with Gasteiger partial charge in [0.2, 0.25) is 5.91 Å². The first kappa shape index (κ1) is 19.9. The third-order valence-electron chi connectivity index (χ3n) is 4.26. The number of rotatable bonds is 6. The number of nitrogens with zero attached hydrogens (tertiary/aromatic N) is 3. The van der Waals surface area contributed by atoms with Gasteiger partial charge in [0, 0.05) is 5.69 Å². The molecule has 152 valence electrons. The zero-order chi connectivity index (χ0) is 21.1. The predicted octanol–water partition coefficient (Wildman–Crippen LogP) is 3.52. The van der Waals surface area contributed by atoms with Crippen LogP contribution in [0, 0.1) is 0 Å². The Bertz CT molecular complexity index is 1340. The number of halogens is 1. The summed E-state index contributed by atoms with van der Waals surface area (Å²) in [5, 5.41) is 11.0. The number of benzene rings is 3. The lowest BCUT2D eigenvalue weighted by molar-refractivity contribution is -0.116. The van der Waals surface area contributed by atoms with E-state index in [-0.39, 0.29) is 28.1 Å². The van der Waals surface area contributed by atoms with E-state index in [1.54, 1.807) is 42.5 Å². The van der Waals surface area contributed by atoms with Crippen molar-refractivity contribution in [3.63, 3.8) is 0 Å². The molecule has 30 heavy (non-hydrogen) atoms. The molecule has 0 saturated carbocycles. The molecule has 0 aliphatic rings. The molecule has 0 aliphatic carbocycles. The number of hydrogen-bond donors (Lipinski definition) is 2. The SMILES string of the molecule is O=C(Cn1nnc2ccccc21)Nc1cccc(S(=O)(=O)Nc2ccccc2Cl)c1. The molecule has 3 aromatic carbocycles. The largest absolute Gasteiger partial charge is 0.324 e. The second-order valence-electron chi connectivity index (χ2n) is 6.40. The summed E-state index contributed by atoms with van der Waals surface area (Å²) in [5.41, 5.74) is 2.02. The lowest BCUT2D eigenvalue weighted by Gasteiger charge is -2.11. The van der Waals surface area contributed by atoms with E-state index in [0.717, 1.165) is 5.52 Å². The molecule has 0 fully saturated rings. The molecule has 10 heteroatoms. The summed E-state index contributed by atoms with van der Waals surface area (Å²) >= 11 is 6.03. The van der Waals surface area contributed by atoms with Crippen LogP contribution in [0.3, 0.4) is 0 Å². The first-order chi connectivity index (χ1) is 14.4. The van der Waals surface area contributed by atoms with Gasteiger partial charge in [-0.1, -0.05) is 47.1 Å². The van der Waals surface area contributed by atoms with Gasteiger partial charge >= 0.3 is 0 Å². The molecule has 4 rings (SSSR count). The number of amides is 1. The van der Waals surface area contributed by atoms with E-state index < -0.39 is 10.0 Å². The van der Waals surface area contributed by atoms with Crippen molar-refractivity contribution in [2.45, 2.75) is 11.4 Å². The highest BCUT2D eigenvalue weighted by Crippen LogP contribution is 2.25. The fourth-order valence-electron chi connectivity index (χ4n) is 2.86. The maximum Gasteiger partial charge on any atom is 0.262 e. The maximum atomic E-state index is 12.7. The average Bonchev–Trinajstić information content (AvgIpc) is 3.13. The Balaban J connectivity index is 1.50. The quantitative estimate of drug-likeness (QED) is 0.476. The second-order valence-corrected chi connectivity index (χ2v) is 8.49. The number of fused-ring (bicyclic) bond motifs is 1. The van der Waals surface area contributed by atoms with Crippen LogP contribution in [0.4, 0.5) is 11.4 Å². The van der Waals surface area contributed by atoms with E-state index in [9.17, 15) is 13.2 Å². The smallest absolute Gasteiger partial charge is 0.262 e. The summed E-state index contributed by atoms with van der Waals surface area (Å²) in [6, 6.07) is 19.8. The summed E-state index contributed by atoms with van der Waals surface area (Å²) in [6.07, 6.45) is 0. The molecule has 0 aliphatic heterocycles. The Labute approximate surface area is 177 Å². The maximum absolute atomic E-state index is 12.7. The van der Waals surface area contributed by atoms with Gasteiger partial charge in [0.05, 0.1) is 21.1 Å². The lowest BCUT2D eigenvalue weighted by atomic mass is 10.3. The molecule has 1 heterocycles. The Morgan fingerprint density at radius 2 is 1.77 bits per heavy atom. The van der Waals surface area contributed by atoms with Crippen molar-refractivity contribution in [1.82, 2.24) is 15.0 Å². The van der Waals surface area contributed by atoms with Gasteiger partial charge < -0.3 is 5.32 Å². The van der Waals surface area contributed by atoms with Crippen molar-refractivity contribution < 1.29 is 13.2 Å². The highest BCUT2D eigenvalue weighted by atomic mass is 35.5. The Morgan fingerprint density at radius 1 is 1.00 bits per heavy atom. The van der Waals surface area contributed by atoms with E-state index in [2.05, 4.69) is 20.4 Å². The first-order valence-corrected chi connectivity index (χ1v) is 10.7. The zero-order valence-electron chi connectivity index (χ0n) is 15.5. The highest BCUT2D eigenvalue weighted by Gasteiger charge is 2.17. The molecule has 1 amide bonds. The fraction of sp³-hybridized carbons (Fsp3) is 0.0500. The minimum absolute atomic E-state index is 0.00794. The van der Waals surface area contributed by atoms with E-state index in [4.69, 9.17) is 11.6 Å². The van der Waals surface area contributed by atoms with E-state index in [1.165, 1.54) is 16.8 Å². The summed E-state index contributed by atoms with van der Waals surface area (Å²) in [5.74, 6) is -0.362. The summed E-state index contributed by atoms with van der Waals surface area (Å²) in [7, 11) is -3.89. The average molecular weight is 442 g/mol. The standard InChI is InChI=1S/C20H16ClN5O3S/c21-16-8-1-2-9-17(16)24-30(28,29)15-7-5-6-14(12-15)22-20(27)13-26-19-11-4-3-10-18(19)23-25-26/h1-12,24H,13H2,(H,22,27). The van der Waals surface area contributed by atoms with Crippen molar-refractivity contribution in [1.29, 1.82) is 0 Å². The highest BCUT2D eigenvalue weighted by molar-refractivity contribution is 7.92. The van der Waals surface area contributed by atoms with E-state index in [0.29, 0.717) is 11.2 Å². The third-order valence-corrected chi connectivity index (χ3v) is 5.95. The molecular formula is C20H16ClN5O3S. The molecule has 0 radical (unpaired) electrons. The Hall–Kier alpha value is -3.43. The van der Waals surface area contributed by atoms with Gasteiger partial charge in [-0.3, -0.25) is 9.52 Å².